The highest BCUT2D eigenvalue weighted by molar-refractivity contribution is 5.94. The largest absolute Gasteiger partial charge is 0.477 e. The molecule has 1 saturated carbocycles. The van der Waals surface area contributed by atoms with Crippen LogP contribution in [0.15, 0.2) is 48.5 Å². The van der Waals surface area contributed by atoms with Crippen LogP contribution in [0.4, 0.5) is 0 Å². The molecule has 0 aliphatic heterocycles. The van der Waals surface area contributed by atoms with Crippen LogP contribution >= 0.6 is 0 Å². The van der Waals surface area contributed by atoms with E-state index in [1.807, 2.05) is 23.1 Å². The minimum Gasteiger partial charge on any atom is -0.477 e. The van der Waals surface area contributed by atoms with Gasteiger partial charge in [-0.3, -0.25) is 4.79 Å². The van der Waals surface area contributed by atoms with Crippen LogP contribution < -0.4 is 0 Å². The summed E-state index contributed by atoms with van der Waals surface area (Å²) >= 11 is 0. The van der Waals surface area contributed by atoms with Gasteiger partial charge in [-0.1, -0.05) is 49.2 Å². The van der Waals surface area contributed by atoms with Gasteiger partial charge >= 0.3 is 5.97 Å². The van der Waals surface area contributed by atoms with Gasteiger partial charge < -0.3 is 10.0 Å². The lowest BCUT2D eigenvalue weighted by molar-refractivity contribution is 0.0675. The molecule has 1 aromatic carbocycles. The molecule has 1 fully saturated rings. The van der Waals surface area contributed by atoms with Crippen molar-refractivity contribution in [3.05, 3.63) is 65.5 Å². The number of benzene rings is 1. The molecular weight excluding hydrogens is 316 g/mol. The minimum absolute atomic E-state index is 0.0970. The third-order valence-corrected chi connectivity index (χ3v) is 4.70. The van der Waals surface area contributed by atoms with E-state index in [4.69, 9.17) is 5.11 Å². The summed E-state index contributed by atoms with van der Waals surface area (Å²) in [6.07, 6.45) is 5.03. The average Bonchev–Trinajstić information content (AvgIpc) is 3.17. The van der Waals surface area contributed by atoms with Crippen molar-refractivity contribution in [3.8, 4) is 0 Å². The van der Waals surface area contributed by atoms with Gasteiger partial charge in [0.15, 0.2) is 0 Å². The fourth-order valence-electron chi connectivity index (χ4n) is 3.38. The molecule has 130 valence electrons. The lowest BCUT2D eigenvalue weighted by atomic mass is 10.1. The van der Waals surface area contributed by atoms with Crippen molar-refractivity contribution in [1.82, 2.24) is 9.88 Å². The maximum absolute atomic E-state index is 13.0. The number of aromatic nitrogens is 1. The van der Waals surface area contributed by atoms with Gasteiger partial charge in [-0.2, -0.15) is 0 Å². The van der Waals surface area contributed by atoms with Crippen molar-refractivity contribution < 1.29 is 14.7 Å². The third kappa shape index (κ3) is 4.24. The van der Waals surface area contributed by atoms with E-state index in [1.165, 1.54) is 11.6 Å². The lowest BCUT2D eigenvalue weighted by Crippen LogP contribution is -2.40. The van der Waals surface area contributed by atoms with E-state index < -0.39 is 5.97 Å². The Kier molecular flexibility index (Phi) is 5.43. The van der Waals surface area contributed by atoms with Crippen LogP contribution in [-0.4, -0.2) is 39.5 Å². The summed E-state index contributed by atoms with van der Waals surface area (Å²) < 4.78 is 0. The van der Waals surface area contributed by atoms with Gasteiger partial charge in [-0.05, 0) is 37.0 Å². The van der Waals surface area contributed by atoms with Gasteiger partial charge in [-0.25, -0.2) is 9.78 Å². The van der Waals surface area contributed by atoms with Gasteiger partial charge in [0, 0.05) is 12.6 Å². The van der Waals surface area contributed by atoms with E-state index >= 15 is 0 Å². The topological polar surface area (TPSA) is 70.5 Å². The highest BCUT2D eigenvalue weighted by atomic mass is 16.4. The van der Waals surface area contributed by atoms with E-state index in [2.05, 4.69) is 17.1 Å². The van der Waals surface area contributed by atoms with Crippen LogP contribution in [0.5, 0.6) is 0 Å². The zero-order valence-electron chi connectivity index (χ0n) is 14.1. The molecule has 25 heavy (non-hydrogen) atoms. The lowest BCUT2D eigenvalue weighted by Gasteiger charge is -2.29. The normalized spacial score (nSPS) is 14.4. The number of carboxylic acids is 1. The number of carbonyl (C=O) groups excluding carboxylic acids is 1. The summed E-state index contributed by atoms with van der Waals surface area (Å²) in [6.45, 7) is 0.618. The number of amides is 1. The number of nitrogens with zero attached hydrogens (tertiary/aromatic N) is 2. The number of pyridine rings is 1. The Balaban J connectivity index is 1.79. The molecule has 1 aliphatic carbocycles. The number of hydrogen-bond donors (Lipinski definition) is 1. The minimum atomic E-state index is -1.12. The maximum atomic E-state index is 13.0. The highest BCUT2D eigenvalue weighted by Gasteiger charge is 2.28. The first kappa shape index (κ1) is 17.1. The molecular formula is C20H22N2O3. The molecule has 1 N–H and O–H groups in total. The monoisotopic (exact) mass is 338 g/mol. The molecule has 0 saturated heterocycles. The molecule has 0 spiro atoms. The van der Waals surface area contributed by atoms with E-state index in [1.54, 1.807) is 12.1 Å². The fraction of sp³-hybridized carbons (Fsp3) is 0.350. The van der Waals surface area contributed by atoms with Gasteiger partial charge in [-0.15, -0.1) is 0 Å². The summed E-state index contributed by atoms with van der Waals surface area (Å²) in [5.41, 5.74) is 1.30. The molecule has 1 aliphatic rings. The first-order valence-electron chi connectivity index (χ1n) is 8.70. The standard InChI is InChI=1S/C20H22N2O3/c23-19(17-11-6-12-18(21-17)20(24)25)22(16-9-4-5-10-16)14-13-15-7-2-1-3-8-15/h1-3,6-8,11-12,16H,4-5,9-10,13-14H2,(H,24,25). The second-order valence-electron chi connectivity index (χ2n) is 6.39. The summed E-state index contributed by atoms with van der Waals surface area (Å²) in [7, 11) is 0. The third-order valence-electron chi connectivity index (χ3n) is 4.70. The van der Waals surface area contributed by atoms with Crippen LogP contribution in [0.1, 0.15) is 52.2 Å². The maximum Gasteiger partial charge on any atom is 0.354 e. The first-order chi connectivity index (χ1) is 12.1. The second-order valence-corrected chi connectivity index (χ2v) is 6.39. The molecule has 0 radical (unpaired) electrons. The van der Waals surface area contributed by atoms with Crippen molar-refractivity contribution in [2.45, 2.75) is 38.1 Å². The molecule has 0 bridgehead atoms. The van der Waals surface area contributed by atoms with Crippen molar-refractivity contribution in [2.75, 3.05) is 6.54 Å². The molecule has 1 heterocycles. The molecule has 5 nitrogen and oxygen atoms in total. The number of rotatable bonds is 6. The average molecular weight is 338 g/mol. The van der Waals surface area contributed by atoms with E-state index in [-0.39, 0.29) is 23.3 Å². The Hall–Kier alpha value is -2.69. The molecule has 0 unspecified atom stereocenters. The van der Waals surface area contributed by atoms with Gasteiger partial charge in [0.25, 0.3) is 5.91 Å². The molecule has 3 rings (SSSR count). The molecule has 5 heteroatoms. The van der Waals surface area contributed by atoms with Crippen molar-refractivity contribution in [1.29, 1.82) is 0 Å². The van der Waals surface area contributed by atoms with Gasteiger partial charge in [0.2, 0.25) is 0 Å². The summed E-state index contributed by atoms with van der Waals surface area (Å²) in [4.78, 5) is 30.0. The summed E-state index contributed by atoms with van der Waals surface area (Å²) in [5, 5.41) is 9.11. The molecule has 2 aromatic rings. The number of aromatic carboxylic acids is 1. The van der Waals surface area contributed by atoms with E-state index in [9.17, 15) is 9.59 Å². The van der Waals surface area contributed by atoms with Crippen LogP contribution in [-0.2, 0) is 6.42 Å². The Bertz CT molecular complexity index is 740. The summed E-state index contributed by atoms with van der Waals surface area (Å²) in [6, 6.07) is 14.9. The van der Waals surface area contributed by atoms with Crippen LogP contribution in [0.25, 0.3) is 0 Å². The SMILES string of the molecule is O=C(O)c1cccc(C(=O)N(CCc2ccccc2)C2CCCC2)n1. The van der Waals surface area contributed by atoms with Crippen molar-refractivity contribution in [3.63, 3.8) is 0 Å². The number of hydrogen-bond acceptors (Lipinski definition) is 3. The predicted molar refractivity (Wildman–Crippen MR) is 94.6 cm³/mol. The summed E-state index contributed by atoms with van der Waals surface area (Å²) in [5.74, 6) is -1.29. The van der Waals surface area contributed by atoms with Crippen LogP contribution in [0.3, 0.4) is 0 Å². The van der Waals surface area contributed by atoms with E-state index in [0.717, 1.165) is 32.1 Å². The molecule has 0 atom stereocenters. The Morgan fingerprint density at radius 3 is 2.36 bits per heavy atom. The molecule has 1 aromatic heterocycles. The van der Waals surface area contributed by atoms with Crippen molar-refractivity contribution >= 4 is 11.9 Å². The van der Waals surface area contributed by atoms with E-state index in [0.29, 0.717) is 6.54 Å². The zero-order chi connectivity index (χ0) is 17.6. The molecule has 1 amide bonds. The second kappa shape index (κ2) is 7.92. The first-order valence-corrected chi connectivity index (χ1v) is 8.70. The van der Waals surface area contributed by atoms with Gasteiger partial charge in [0.1, 0.15) is 11.4 Å². The van der Waals surface area contributed by atoms with Gasteiger partial charge in [0.05, 0.1) is 0 Å². The quantitative estimate of drug-likeness (QED) is 0.876. The number of carbonyl (C=O) groups is 2. The fourth-order valence-corrected chi connectivity index (χ4v) is 3.38. The van der Waals surface area contributed by atoms with Crippen molar-refractivity contribution in [2.24, 2.45) is 0 Å². The highest BCUT2D eigenvalue weighted by Crippen LogP contribution is 2.25. The number of carboxylic acid groups (broad SMARTS) is 1. The van der Waals surface area contributed by atoms with Crippen LogP contribution in [0, 0.1) is 0 Å². The van der Waals surface area contributed by atoms with Crippen LogP contribution in [0.2, 0.25) is 0 Å². The Labute approximate surface area is 147 Å². The Morgan fingerprint density at radius 2 is 1.68 bits per heavy atom. The smallest absolute Gasteiger partial charge is 0.354 e. The Morgan fingerprint density at radius 1 is 1.00 bits per heavy atom. The predicted octanol–water partition coefficient (Wildman–Crippen LogP) is 3.41. The zero-order valence-corrected chi connectivity index (χ0v) is 14.1.